The van der Waals surface area contributed by atoms with E-state index in [0.717, 1.165) is 10.8 Å². The SMILES string of the molecule is CC(C)C[C@H](NC(=O)[C@@H](Cc1ccc2ccccc2c1)NC(=O)[C@H](Cc1ccc(O)cc1)NC(=O)[C@H](CO)NC(=O)[C@H](Cc1c[nH]c2ccccc12)NC(=O)[C@H](Cc1ccccc1)N(C)C(=O)[C@@H]1CCC(=O)N1)C(=O)N[C@@H](CCCN=C(N)N)C(=O)N1CCC[C@H]1C(=O)NCC(N)=O. The van der Waals surface area contributed by atoms with Crippen molar-refractivity contribution in [3.05, 3.63) is 150 Å². The first-order valence-corrected chi connectivity index (χ1v) is 32.7. The number of phenols is 1. The normalized spacial score (nSPS) is 16.4. The number of likely N-dealkylation sites (tertiary alicyclic amines) is 1. The zero-order chi connectivity index (χ0) is 70.6. The summed E-state index contributed by atoms with van der Waals surface area (Å²) in [5.41, 5.74) is 19.4. The second kappa shape index (κ2) is 34.7. The van der Waals surface area contributed by atoms with Gasteiger partial charge in [0.25, 0.3) is 0 Å². The lowest BCUT2D eigenvalue weighted by molar-refractivity contribution is -0.142. The van der Waals surface area contributed by atoms with Crippen molar-refractivity contribution in [1.82, 2.24) is 57.3 Å². The van der Waals surface area contributed by atoms with Gasteiger partial charge in [-0.15, -0.1) is 0 Å². The fourth-order valence-corrected chi connectivity index (χ4v) is 12.1. The summed E-state index contributed by atoms with van der Waals surface area (Å²) in [6.45, 7) is 2.36. The third-order valence-electron chi connectivity index (χ3n) is 17.3. The van der Waals surface area contributed by atoms with Crippen molar-refractivity contribution >= 4 is 92.6 Å². The van der Waals surface area contributed by atoms with Crippen LogP contribution >= 0.6 is 0 Å². The average molecular weight is 1350 g/mol. The Labute approximate surface area is 566 Å². The summed E-state index contributed by atoms with van der Waals surface area (Å²) >= 11 is 0. The van der Waals surface area contributed by atoms with Crippen molar-refractivity contribution in [2.24, 2.45) is 28.1 Å². The first-order chi connectivity index (χ1) is 46.9. The van der Waals surface area contributed by atoms with E-state index in [1.54, 1.807) is 48.7 Å². The molecular weight excluding hydrogens is 1260 g/mol. The van der Waals surface area contributed by atoms with Crippen LogP contribution in [0.4, 0.5) is 0 Å². The lowest BCUT2D eigenvalue weighted by atomic mass is 9.98. The summed E-state index contributed by atoms with van der Waals surface area (Å²) in [6.07, 6.45) is 2.29. The number of rotatable bonds is 33. The number of primary amides is 1. The third-order valence-corrected chi connectivity index (χ3v) is 17.3. The molecule has 0 radical (unpaired) electrons. The number of hydrogen-bond donors (Lipinski definition) is 14. The lowest BCUT2D eigenvalue weighted by Crippen LogP contribution is -2.61. The molecule has 98 heavy (non-hydrogen) atoms. The number of likely N-dealkylation sites (N-methyl/N-ethyl adjacent to an activating group) is 1. The Hall–Kier alpha value is -10.9. The van der Waals surface area contributed by atoms with Gasteiger partial charge in [-0.25, -0.2) is 0 Å². The van der Waals surface area contributed by atoms with Crippen LogP contribution in [0.5, 0.6) is 5.75 Å². The number of benzene rings is 5. The average Bonchev–Trinajstić information content (AvgIpc) is 1.78. The molecule has 8 rings (SSSR count). The first kappa shape index (κ1) is 72.9. The quantitative estimate of drug-likeness (QED) is 0.0147. The third kappa shape index (κ3) is 20.3. The highest BCUT2D eigenvalue weighted by Gasteiger charge is 2.41. The van der Waals surface area contributed by atoms with Crippen molar-refractivity contribution in [2.45, 2.75) is 139 Å². The number of H-pyrrole nitrogens is 1. The van der Waals surface area contributed by atoms with Gasteiger partial charge in [-0.1, -0.05) is 117 Å². The van der Waals surface area contributed by atoms with E-state index >= 15 is 9.59 Å². The van der Waals surface area contributed by atoms with Gasteiger partial charge in [-0.2, -0.15) is 0 Å². The number of nitrogens with zero attached hydrogens (tertiary/aromatic N) is 3. The van der Waals surface area contributed by atoms with E-state index in [1.165, 1.54) is 41.1 Å². The molecule has 28 heteroatoms. The van der Waals surface area contributed by atoms with E-state index in [4.69, 9.17) is 17.2 Å². The van der Waals surface area contributed by atoms with Crippen molar-refractivity contribution < 1.29 is 63.0 Å². The van der Waals surface area contributed by atoms with Gasteiger partial charge in [0.15, 0.2) is 5.96 Å². The fraction of sp³-hybridized carbons (Fsp3) is 0.400. The molecule has 6 aromatic rings. The number of nitrogens with two attached hydrogens (primary N) is 3. The van der Waals surface area contributed by atoms with Crippen LogP contribution in [-0.4, -0.2) is 184 Å². The molecule has 2 aliphatic rings. The Morgan fingerprint density at radius 1 is 0.643 bits per heavy atom. The minimum atomic E-state index is -1.79. The van der Waals surface area contributed by atoms with E-state index in [2.05, 4.69) is 52.5 Å². The van der Waals surface area contributed by atoms with Gasteiger partial charge >= 0.3 is 0 Å². The lowest BCUT2D eigenvalue weighted by Gasteiger charge is -2.31. The van der Waals surface area contributed by atoms with E-state index < -0.39 is 127 Å². The number of carbonyl (C=O) groups is 11. The van der Waals surface area contributed by atoms with Crippen LogP contribution in [0.1, 0.15) is 81.0 Å². The molecule has 1 aromatic heterocycles. The number of amides is 11. The molecule has 2 aliphatic heterocycles. The van der Waals surface area contributed by atoms with E-state index in [1.807, 2.05) is 68.4 Å². The topological polar surface area (TPSA) is 437 Å². The van der Waals surface area contributed by atoms with Crippen LogP contribution in [0.15, 0.2) is 133 Å². The number of aromatic nitrogens is 1. The smallest absolute Gasteiger partial charge is 0.245 e. The number of hydrogen-bond acceptors (Lipinski definition) is 14. The summed E-state index contributed by atoms with van der Waals surface area (Å²) in [5.74, 6) is -8.73. The Balaban J connectivity index is 1.07. The molecule has 0 aliphatic carbocycles. The van der Waals surface area contributed by atoms with Gasteiger partial charge in [0, 0.05) is 69.3 Å². The van der Waals surface area contributed by atoms with Crippen LogP contribution in [0.3, 0.4) is 0 Å². The molecule has 0 unspecified atom stereocenters. The number of para-hydroxylation sites is 1. The Kier molecular flexibility index (Phi) is 25.8. The van der Waals surface area contributed by atoms with Crippen molar-refractivity contribution in [1.29, 1.82) is 0 Å². The Morgan fingerprint density at radius 2 is 1.21 bits per heavy atom. The number of aromatic hydroxyl groups is 1. The van der Waals surface area contributed by atoms with Crippen LogP contribution in [0.2, 0.25) is 0 Å². The van der Waals surface area contributed by atoms with E-state index in [-0.39, 0.29) is 101 Å². The minimum absolute atomic E-state index is 0.0000119. The standard InChI is InChI=1S/C70H87N15O13/c1-40(2)31-52(61(90)78-50(19-11-29-74-70(72)73)69(98)85-30-12-20-57(85)66(95)76-38-59(71)88)79-63(92)54(34-43-21-24-44-15-7-8-16-45(44)32-43)80-62(91)53(33-42-22-25-47(87)26-23-42)81-65(94)56(39-86)83-64(93)55(36-46-37-75-49-18-10-9-17-48(46)49)82-67(96)58(35-41-13-5-4-6-14-41)84(3)68(97)51-27-28-60(89)77-51/h4-10,13-18,21-26,32,37,40,50-58,75,86-87H,11-12,19-20,27-31,33-36,38-39H2,1-3H3,(H2,71,88)(H,76,95)(H,77,89)(H,78,90)(H,79,92)(H,80,91)(H,81,94)(H,82,96)(H,83,93)(H4,72,73,74)/t50-,51-,52-,53-,54+,55-,56-,57-,58-/m0/s1. The van der Waals surface area contributed by atoms with Crippen LogP contribution in [-0.2, 0) is 78.4 Å². The van der Waals surface area contributed by atoms with Gasteiger partial charge in [-0.3, -0.25) is 57.7 Å². The van der Waals surface area contributed by atoms with Gasteiger partial charge in [-0.05, 0) is 95.7 Å². The fourth-order valence-electron chi connectivity index (χ4n) is 12.1. The molecule has 28 nitrogen and oxygen atoms in total. The maximum atomic E-state index is 15.2. The number of guanidine groups is 1. The molecule has 0 saturated carbocycles. The number of aliphatic hydroxyl groups excluding tert-OH is 1. The molecule has 3 heterocycles. The van der Waals surface area contributed by atoms with E-state index in [9.17, 15) is 53.4 Å². The zero-order valence-electron chi connectivity index (χ0n) is 55.0. The van der Waals surface area contributed by atoms with Crippen LogP contribution in [0, 0.1) is 5.92 Å². The summed E-state index contributed by atoms with van der Waals surface area (Å²) in [6, 6.07) is 22.7. The molecular formula is C70H87N15O13. The molecule has 11 amide bonds. The van der Waals surface area contributed by atoms with Gasteiger partial charge in [0.05, 0.1) is 13.2 Å². The largest absolute Gasteiger partial charge is 0.508 e. The predicted octanol–water partition coefficient (Wildman–Crippen LogP) is -0.00380. The molecule has 0 spiro atoms. The Bertz CT molecular complexity index is 3880. The summed E-state index contributed by atoms with van der Waals surface area (Å²) in [4.78, 5) is 165. The number of nitrogens with one attached hydrogen (secondary N) is 9. The van der Waals surface area contributed by atoms with Gasteiger partial charge in [0.2, 0.25) is 65.0 Å². The summed E-state index contributed by atoms with van der Waals surface area (Å²) < 4.78 is 0. The number of aliphatic imine (C=N–C) groups is 1. The molecule has 5 aromatic carbocycles. The Morgan fingerprint density at radius 3 is 1.87 bits per heavy atom. The number of aromatic amines is 1. The maximum absolute atomic E-state index is 15.2. The van der Waals surface area contributed by atoms with Crippen molar-refractivity contribution in [3.63, 3.8) is 0 Å². The molecule has 9 atom stereocenters. The molecule has 2 saturated heterocycles. The number of fused-ring (bicyclic) bond motifs is 2. The summed E-state index contributed by atoms with van der Waals surface area (Å²) in [5, 5.41) is 45.2. The number of aliphatic hydroxyl groups is 1. The number of phenolic OH excluding ortho intramolecular Hbond substituents is 1. The second-order valence-electron chi connectivity index (χ2n) is 25.1. The first-order valence-electron chi connectivity index (χ1n) is 32.7. The van der Waals surface area contributed by atoms with Crippen molar-refractivity contribution in [3.8, 4) is 5.75 Å². The summed E-state index contributed by atoms with van der Waals surface area (Å²) in [7, 11) is 1.43. The molecule has 0 bridgehead atoms. The minimum Gasteiger partial charge on any atom is -0.508 e. The zero-order valence-corrected chi connectivity index (χ0v) is 55.0. The van der Waals surface area contributed by atoms with Gasteiger partial charge < -0.3 is 84.7 Å². The van der Waals surface area contributed by atoms with Crippen molar-refractivity contribution in [2.75, 3.05) is 33.3 Å². The highest BCUT2D eigenvalue weighted by atomic mass is 16.3. The second-order valence-corrected chi connectivity index (χ2v) is 25.1. The predicted molar refractivity (Wildman–Crippen MR) is 364 cm³/mol. The maximum Gasteiger partial charge on any atom is 0.245 e. The van der Waals surface area contributed by atoms with Crippen LogP contribution in [0.25, 0.3) is 21.7 Å². The van der Waals surface area contributed by atoms with E-state index in [0.29, 0.717) is 39.6 Å². The molecule has 520 valence electrons. The molecule has 17 N–H and O–H groups in total. The highest BCUT2D eigenvalue weighted by molar-refractivity contribution is 6.00. The highest BCUT2D eigenvalue weighted by Crippen LogP contribution is 2.24. The van der Waals surface area contributed by atoms with Crippen LogP contribution < -0.4 is 59.7 Å². The van der Waals surface area contributed by atoms with Gasteiger partial charge in [0.1, 0.15) is 60.1 Å². The molecule has 2 fully saturated rings. The monoisotopic (exact) mass is 1350 g/mol. The number of carbonyl (C=O) groups excluding carboxylic acids is 11.